The molecule has 0 aliphatic carbocycles. The van der Waals surface area contributed by atoms with E-state index in [0.29, 0.717) is 70.3 Å². The number of pyridine rings is 1. The summed E-state index contributed by atoms with van der Waals surface area (Å²) in [4.78, 5) is 76.0. The molecule has 2 amide bonds. The predicted molar refractivity (Wildman–Crippen MR) is 272 cm³/mol. The van der Waals surface area contributed by atoms with Crippen molar-refractivity contribution in [3.05, 3.63) is 88.1 Å². The number of allylic oxidation sites excluding steroid dienone is 3. The van der Waals surface area contributed by atoms with Gasteiger partial charge in [0, 0.05) is 113 Å². The summed E-state index contributed by atoms with van der Waals surface area (Å²) in [6.45, 7) is 19.2. The SMILES string of the molecule is C/C1=C/C=C/C(C)[C@H](O)[C@@H](C)C(O)[C@@H](C)[C@H](OC(=O)CC(=O)N2CCN(Cc3ccccn3)CC2)CC/C=C/O[C@@]2(C)Oc3c(C)c(O)c4c(O)c(c5c(c4c3C2=O)NC2(CCN(CC(C)C)CC2)N=5)=NC1=O. The number of piperidine rings is 1. The van der Waals surface area contributed by atoms with Gasteiger partial charge in [-0.25, -0.2) is 4.99 Å². The van der Waals surface area contributed by atoms with Crippen LogP contribution in [0.3, 0.4) is 0 Å². The van der Waals surface area contributed by atoms with Crippen LogP contribution in [-0.2, 0) is 30.4 Å². The molecule has 2 saturated heterocycles. The van der Waals surface area contributed by atoms with Crippen molar-refractivity contribution in [2.75, 3.05) is 51.1 Å². The highest BCUT2D eigenvalue weighted by Gasteiger charge is 2.50. The highest BCUT2D eigenvalue weighted by molar-refractivity contribution is 6.21. The summed E-state index contributed by atoms with van der Waals surface area (Å²) in [6.07, 6.45) is 7.46. The standard InChI is InChI=1S/C55H71N7O11/c1-31(2)29-60-21-18-55(19-22-60)58-44-41-42-49(67)36(7)51-43(41)52(69)54(8,73-51)71-27-12-10-17-38(72-40(64)28-39(63)62-25-23-61(24-26-62)30-37-16-9-11-20-56-37)34(5)48(66)35(6)47(65)32(3)14-13-15-33(4)53(70)57-46(50(42)68)45(44)59-55/h9,11-16,20,27,31-32,34-35,38,47-48,58,65-68H,10,17-19,21-26,28-30H2,1-8H3/b14-13+,27-12+,33-15-,57-46?/t32?,34-,35+,38+,47-,48?,54-/m0/s1. The fraction of sp³-hybridized carbons (Fsp3) is 0.545. The highest BCUT2D eigenvalue weighted by Crippen LogP contribution is 2.51. The third-order valence-electron chi connectivity index (χ3n) is 15.2. The van der Waals surface area contributed by atoms with Gasteiger partial charge in [0.1, 0.15) is 40.4 Å². The van der Waals surface area contributed by atoms with Crippen LogP contribution in [0.25, 0.3) is 10.8 Å². The van der Waals surface area contributed by atoms with Gasteiger partial charge in [-0.2, -0.15) is 0 Å². The number of nitrogens with one attached hydrogen (secondary N) is 1. The van der Waals surface area contributed by atoms with Gasteiger partial charge < -0.3 is 49.8 Å². The molecule has 1 aromatic heterocycles. The van der Waals surface area contributed by atoms with Crippen LogP contribution < -0.4 is 20.8 Å². The first-order chi connectivity index (χ1) is 34.7. The van der Waals surface area contributed by atoms with Crippen molar-refractivity contribution in [3.8, 4) is 17.2 Å². The van der Waals surface area contributed by atoms with Crippen LogP contribution in [0.1, 0.15) is 102 Å². The Balaban J connectivity index is 1.09. The maximum absolute atomic E-state index is 14.8. The number of anilines is 1. The van der Waals surface area contributed by atoms with Crippen LogP contribution >= 0.6 is 0 Å². The number of carbonyl (C=O) groups is 4. The minimum absolute atomic E-state index is 0.0550. The fourth-order valence-electron chi connectivity index (χ4n) is 10.7. The summed E-state index contributed by atoms with van der Waals surface area (Å²) >= 11 is 0. The number of carbonyl (C=O) groups excluding carboxylic acids is 4. The minimum Gasteiger partial charge on any atom is -0.507 e. The fourth-order valence-corrected chi connectivity index (χ4v) is 10.7. The molecule has 73 heavy (non-hydrogen) atoms. The Kier molecular flexibility index (Phi) is 15.8. The zero-order valence-corrected chi connectivity index (χ0v) is 43.3. The minimum atomic E-state index is -1.94. The first-order valence-corrected chi connectivity index (χ1v) is 25.7. The number of hydrogen-bond acceptors (Lipinski definition) is 16. The Morgan fingerprint density at radius 3 is 2.34 bits per heavy atom. The van der Waals surface area contributed by atoms with Crippen LogP contribution in [0.4, 0.5) is 5.69 Å². The van der Waals surface area contributed by atoms with E-state index >= 15 is 0 Å². The number of ether oxygens (including phenoxy) is 3. The van der Waals surface area contributed by atoms with Crippen molar-refractivity contribution < 1.29 is 53.8 Å². The molecule has 3 aromatic rings. The van der Waals surface area contributed by atoms with Gasteiger partial charge in [-0.05, 0) is 50.8 Å². The summed E-state index contributed by atoms with van der Waals surface area (Å²) in [5.74, 6) is -6.68. The van der Waals surface area contributed by atoms with Gasteiger partial charge in [0.15, 0.2) is 5.75 Å². The molecular formula is C55H71N7O11. The lowest BCUT2D eigenvalue weighted by molar-refractivity contribution is -0.159. The number of aliphatic hydroxyl groups excluding tert-OH is 2. The number of aliphatic hydroxyl groups is 2. The molecule has 1 spiro atoms. The van der Waals surface area contributed by atoms with Crippen LogP contribution in [-0.4, -0.2) is 139 Å². The van der Waals surface area contributed by atoms with Gasteiger partial charge in [-0.15, -0.1) is 0 Å². The van der Waals surface area contributed by atoms with Crippen molar-refractivity contribution in [1.82, 2.24) is 19.7 Å². The third kappa shape index (κ3) is 11.0. The van der Waals surface area contributed by atoms with E-state index in [0.717, 1.165) is 12.2 Å². The molecule has 7 atom stereocenters. The molecule has 0 radical (unpaired) electrons. The molecule has 5 N–H and O–H groups in total. The third-order valence-corrected chi connectivity index (χ3v) is 15.2. The number of piperazine rings is 1. The zero-order chi connectivity index (χ0) is 52.5. The summed E-state index contributed by atoms with van der Waals surface area (Å²) in [7, 11) is 0. The van der Waals surface area contributed by atoms with E-state index in [9.17, 15) is 39.6 Å². The van der Waals surface area contributed by atoms with Gasteiger partial charge in [0.05, 0.1) is 40.8 Å². The highest BCUT2D eigenvalue weighted by atomic mass is 16.7. The number of rotatable bonds is 7. The molecule has 18 heteroatoms. The zero-order valence-electron chi connectivity index (χ0n) is 43.3. The number of amides is 2. The van der Waals surface area contributed by atoms with Crippen LogP contribution in [0, 0.1) is 30.6 Å². The predicted octanol–water partition coefficient (Wildman–Crippen LogP) is 4.99. The van der Waals surface area contributed by atoms with Gasteiger partial charge >= 0.3 is 11.8 Å². The number of likely N-dealkylation sites (tertiary alicyclic amines) is 1. The lowest BCUT2D eigenvalue weighted by Gasteiger charge is -2.38. The molecule has 9 rings (SSSR count). The average molecular weight is 1010 g/mol. The van der Waals surface area contributed by atoms with E-state index < -0.39 is 77.3 Å². The number of fused-ring (bicyclic) bond motifs is 13. The molecule has 6 aliphatic rings. The Bertz CT molecular complexity index is 2830. The molecule has 2 fully saturated rings. The molecule has 2 aromatic carbocycles. The monoisotopic (exact) mass is 1010 g/mol. The maximum Gasteiger partial charge on any atom is 0.315 e. The second-order valence-electron chi connectivity index (χ2n) is 21.1. The van der Waals surface area contributed by atoms with Crippen LogP contribution in [0.15, 0.2) is 70.5 Å². The molecule has 7 heterocycles. The van der Waals surface area contributed by atoms with Gasteiger partial charge in [-0.1, -0.05) is 58.9 Å². The number of esters is 1. The van der Waals surface area contributed by atoms with Crippen LogP contribution in [0.5, 0.6) is 17.2 Å². The molecular weight excluding hydrogens is 935 g/mol. The average Bonchev–Trinajstić information content (AvgIpc) is 3.86. The number of phenolic OH excluding ortho intramolecular Hbond substituents is 2. The summed E-state index contributed by atoms with van der Waals surface area (Å²) in [5, 5.41) is 51.0. The Morgan fingerprint density at radius 2 is 1.66 bits per heavy atom. The maximum atomic E-state index is 14.8. The first kappa shape index (κ1) is 53.1. The van der Waals surface area contributed by atoms with Crippen molar-refractivity contribution in [3.63, 3.8) is 0 Å². The quantitative estimate of drug-likeness (QED) is 0.119. The normalized spacial score (nSPS) is 28.6. The van der Waals surface area contributed by atoms with E-state index in [1.165, 1.54) is 19.3 Å². The number of Topliss-reactive ketones (excluding diaryl/α,β-unsaturated/α-hetero) is 1. The molecule has 6 aliphatic heterocycles. The number of phenols is 2. The number of aromatic hydroxyl groups is 2. The molecule has 2 unspecified atom stereocenters. The summed E-state index contributed by atoms with van der Waals surface area (Å²) < 4.78 is 18.4. The van der Waals surface area contributed by atoms with Crippen molar-refractivity contribution in [2.24, 2.45) is 33.7 Å². The molecule has 392 valence electrons. The van der Waals surface area contributed by atoms with Crippen molar-refractivity contribution >= 4 is 40.0 Å². The smallest absolute Gasteiger partial charge is 0.315 e. The van der Waals surface area contributed by atoms with Gasteiger partial charge in [-0.3, -0.25) is 34.1 Å². The van der Waals surface area contributed by atoms with E-state index in [4.69, 9.17) is 19.2 Å². The second kappa shape index (κ2) is 21.7. The van der Waals surface area contributed by atoms with Crippen LogP contribution in [0.2, 0.25) is 0 Å². The van der Waals surface area contributed by atoms with E-state index in [-0.39, 0.29) is 68.4 Å². The number of ketones is 1. The Hall–Kier alpha value is -6.21. The van der Waals surface area contributed by atoms with Gasteiger partial charge in [0.2, 0.25) is 5.91 Å². The van der Waals surface area contributed by atoms with Crippen molar-refractivity contribution in [2.45, 2.75) is 124 Å². The number of hydrogen-bond donors (Lipinski definition) is 5. The topological polar surface area (TPSA) is 236 Å². The number of nitrogens with zero attached hydrogens (tertiary/aromatic N) is 6. The number of benzene rings is 2. The lowest BCUT2D eigenvalue weighted by Crippen LogP contribution is -2.49. The second-order valence-corrected chi connectivity index (χ2v) is 21.1. The van der Waals surface area contributed by atoms with E-state index in [1.54, 1.807) is 63.9 Å². The summed E-state index contributed by atoms with van der Waals surface area (Å²) in [5.41, 5.74) is 0.794. The van der Waals surface area contributed by atoms with E-state index in [2.05, 4.69) is 38.9 Å². The van der Waals surface area contributed by atoms with Gasteiger partial charge in [0.25, 0.3) is 11.7 Å². The Labute approximate surface area is 426 Å². The lowest BCUT2D eigenvalue weighted by atomic mass is 9.81. The Morgan fingerprint density at radius 1 is 0.932 bits per heavy atom. The summed E-state index contributed by atoms with van der Waals surface area (Å²) in [6, 6.07) is 5.75. The van der Waals surface area contributed by atoms with E-state index in [1.807, 2.05) is 18.2 Å². The molecule has 18 nitrogen and oxygen atoms in total. The first-order valence-electron chi connectivity index (χ1n) is 25.7. The number of aromatic nitrogens is 1. The molecule has 0 saturated carbocycles. The van der Waals surface area contributed by atoms with Crippen molar-refractivity contribution in [1.29, 1.82) is 0 Å². The largest absolute Gasteiger partial charge is 0.507 e. The molecule has 5 bridgehead atoms.